The number of ether oxygens (including phenoxy) is 1. The number of hydrogen-bond donors (Lipinski definition) is 0. The molecule has 1 aliphatic heterocycles. The average molecular weight is 365 g/mol. The summed E-state index contributed by atoms with van der Waals surface area (Å²) in [6.07, 6.45) is 4.38. The van der Waals surface area contributed by atoms with Crippen LogP contribution in [-0.4, -0.2) is 40.6 Å². The van der Waals surface area contributed by atoms with Gasteiger partial charge >= 0.3 is 0 Å². The van der Waals surface area contributed by atoms with Crippen molar-refractivity contribution in [3.8, 4) is 5.75 Å². The highest BCUT2D eigenvalue weighted by Crippen LogP contribution is 2.23. The summed E-state index contributed by atoms with van der Waals surface area (Å²) in [6.45, 7) is 4.10. The molecule has 0 saturated carbocycles. The maximum atomic E-state index is 13.0. The fourth-order valence-electron chi connectivity index (χ4n) is 3.55. The molecule has 140 valence electrons. The van der Waals surface area contributed by atoms with Crippen LogP contribution in [-0.2, 0) is 6.42 Å². The third-order valence-corrected chi connectivity index (χ3v) is 5.02. The van der Waals surface area contributed by atoms with Crippen LogP contribution in [0.5, 0.6) is 5.75 Å². The first kappa shape index (κ1) is 17.5. The van der Waals surface area contributed by atoms with Crippen LogP contribution in [0.2, 0.25) is 0 Å². The molecule has 0 bridgehead atoms. The van der Waals surface area contributed by atoms with Gasteiger partial charge in [0.2, 0.25) is 0 Å². The van der Waals surface area contributed by atoms with Gasteiger partial charge in [0, 0.05) is 25.2 Å². The summed E-state index contributed by atoms with van der Waals surface area (Å²) in [7, 11) is 0. The van der Waals surface area contributed by atoms with Gasteiger partial charge in [-0.05, 0) is 37.5 Å². The largest absolute Gasteiger partial charge is 0.493 e. The third kappa shape index (κ3) is 3.79. The monoisotopic (exact) mass is 365 g/mol. The van der Waals surface area contributed by atoms with E-state index in [4.69, 9.17) is 9.26 Å². The van der Waals surface area contributed by atoms with E-state index in [1.165, 1.54) is 0 Å². The molecule has 6 heteroatoms. The smallest absolute Gasteiger partial charge is 0.257 e. The van der Waals surface area contributed by atoms with E-state index in [0.29, 0.717) is 30.3 Å². The molecule has 0 aliphatic carbocycles. The highest BCUT2D eigenvalue weighted by molar-refractivity contribution is 5.97. The maximum absolute atomic E-state index is 13.0. The second-order valence-electron chi connectivity index (χ2n) is 6.94. The van der Waals surface area contributed by atoms with Crippen LogP contribution in [0, 0.1) is 5.92 Å². The van der Waals surface area contributed by atoms with Crippen molar-refractivity contribution in [2.45, 2.75) is 26.2 Å². The van der Waals surface area contributed by atoms with Crippen LogP contribution in [0.1, 0.15) is 35.8 Å². The molecule has 0 N–H and O–H groups in total. The van der Waals surface area contributed by atoms with Crippen LogP contribution in [0.15, 0.2) is 47.1 Å². The number of fused-ring (bicyclic) bond motifs is 1. The van der Waals surface area contributed by atoms with Gasteiger partial charge in [-0.2, -0.15) is 0 Å². The number of hydrogen-bond acceptors (Lipinski definition) is 5. The number of para-hydroxylation sites is 1. The molecule has 1 saturated heterocycles. The lowest BCUT2D eigenvalue weighted by Crippen LogP contribution is -2.41. The Morgan fingerprint density at radius 2 is 2.19 bits per heavy atom. The van der Waals surface area contributed by atoms with Crippen molar-refractivity contribution in [2.24, 2.45) is 5.92 Å². The molecule has 1 aliphatic rings. The first-order chi connectivity index (χ1) is 13.2. The number of nitrogens with zero attached hydrogens (tertiary/aromatic N) is 3. The lowest BCUT2D eigenvalue weighted by atomic mass is 9.98. The predicted molar refractivity (Wildman–Crippen MR) is 102 cm³/mol. The number of aryl methyl sites for hydroxylation is 1. The Labute approximate surface area is 158 Å². The number of carbonyl (C=O) groups excluding carboxylic acids is 1. The van der Waals surface area contributed by atoms with Gasteiger partial charge in [0.15, 0.2) is 0 Å². The van der Waals surface area contributed by atoms with Gasteiger partial charge in [0.25, 0.3) is 11.6 Å². The fourth-order valence-corrected chi connectivity index (χ4v) is 3.55. The molecule has 4 rings (SSSR count). The molecule has 1 fully saturated rings. The lowest BCUT2D eigenvalue weighted by molar-refractivity contribution is 0.0633. The van der Waals surface area contributed by atoms with Crippen molar-refractivity contribution in [2.75, 3.05) is 19.7 Å². The number of piperidine rings is 1. The standard InChI is InChI=1S/C21H23N3O3/c1-2-19-18-11-16(12-22-20(18)27-23-19)21(25)24-10-6-7-15(13-24)14-26-17-8-4-3-5-9-17/h3-5,8-9,11-12,15H,2,6-7,10,13-14H2,1H3. The Morgan fingerprint density at radius 1 is 1.33 bits per heavy atom. The summed E-state index contributed by atoms with van der Waals surface area (Å²) in [5, 5.41) is 4.84. The van der Waals surface area contributed by atoms with Crippen LogP contribution in [0.3, 0.4) is 0 Å². The van der Waals surface area contributed by atoms with Crippen molar-refractivity contribution < 1.29 is 14.1 Å². The summed E-state index contributed by atoms with van der Waals surface area (Å²) < 4.78 is 11.1. The van der Waals surface area contributed by atoms with Crippen LogP contribution in [0.4, 0.5) is 0 Å². The molecule has 1 aromatic carbocycles. The summed E-state index contributed by atoms with van der Waals surface area (Å²) >= 11 is 0. The van der Waals surface area contributed by atoms with E-state index in [9.17, 15) is 4.79 Å². The molecule has 1 unspecified atom stereocenters. The molecule has 27 heavy (non-hydrogen) atoms. The summed E-state index contributed by atoms with van der Waals surface area (Å²) in [5.74, 6) is 1.22. The normalized spacial score (nSPS) is 17.2. The first-order valence-electron chi connectivity index (χ1n) is 9.46. The lowest BCUT2D eigenvalue weighted by Gasteiger charge is -2.32. The topological polar surface area (TPSA) is 68.5 Å². The van der Waals surface area contributed by atoms with Crippen LogP contribution in [0.25, 0.3) is 11.1 Å². The third-order valence-electron chi connectivity index (χ3n) is 5.02. The number of likely N-dealkylation sites (tertiary alicyclic amines) is 1. The minimum Gasteiger partial charge on any atom is -0.493 e. The van der Waals surface area contributed by atoms with E-state index in [1.807, 2.05) is 48.2 Å². The molecule has 0 spiro atoms. The van der Waals surface area contributed by atoms with Crippen LogP contribution >= 0.6 is 0 Å². The number of pyridine rings is 1. The van der Waals surface area contributed by atoms with Gasteiger partial charge in [-0.1, -0.05) is 30.3 Å². The zero-order chi connectivity index (χ0) is 18.6. The zero-order valence-corrected chi connectivity index (χ0v) is 15.4. The Morgan fingerprint density at radius 3 is 3.00 bits per heavy atom. The van der Waals surface area contributed by atoms with Crippen molar-refractivity contribution in [3.63, 3.8) is 0 Å². The maximum Gasteiger partial charge on any atom is 0.257 e. The van der Waals surface area contributed by atoms with Crippen LogP contribution < -0.4 is 4.74 Å². The quantitative estimate of drug-likeness (QED) is 0.689. The van der Waals surface area contributed by atoms with E-state index < -0.39 is 0 Å². The predicted octanol–water partition coefficient (Wildman–Crippen LogP) is 3.72. The minimum atomic E-state index is 0.0112. The Kier molecular flexibility index (Phi) is 5.05. The molecule has 6 nitrogen and oxygen atoms in total. The second-order valence-corrected chi connectivity index (χ2v) is 6.94. The van der Waals surface area contributed by atoms with Crippen molar-refractivity contribution in [1.29, 1.82) is 0 Å². The Balaban J connectivity index is 1.43. The van der Waals surface area contributed by atoms with E-state index in [0.717, 1.165) is 42.6 Å². The van der Waals surface area contributed by atoms with Crippen molar-refractivity contribution >= 4 is 17.0 Å². The van der Waals surface area contributed by atoms with E-state index in [2.05, 4.69) is 10.1 Å². The Bertz CT molecular complexity index is 923. The van der Waals surface area contributed by atoms with Gasteiger partial charge in [-0.3, -0.25) is 4.79 Å². The Hall–Kier alpha value is -2.89. The summed E-state index contributed by atoms with van der Waals surface area (Å²) in [5.41, 5.74) is 1.90. The zero-order valence-electron chi connectivity index (χ0n) is 15.4. The molecule has 2 aromatic heterocycles. The number of aromatic nitrogens is 2. The van der Waals surface area contributed by atoms with Gasteiger partial charge in [0.1, 0.15) is 5.75 Å². The first-order valence-corrected chi connectivity index (χ1v) is 9.46. The van der Waals surface area contributed by atoms with Crippen molar-refractivity contribution in [3.05, 3.63) is 53.9 Å². The summed E-state index contributed by atoms with van der Waals surface area (Å²) in [6, 6.07) is 11.7. The van der Waals surface area contributed by atoms with E-state index >= 15 is 0 Å². The average Bonchev–Trinajstić information content (AvgIpc) is 3.15. The van der Waals surface area contributed by atoms with E-state index in [1.54, 1.807) is 6.20 Å². The number of carbonyl (C=O) groups is 1. The van der Waals surface area contributed by atoms with Gasteiger partial charge < -0.3 is 14.2 Å². The molecular weight excluding hydrogens is 342 g/mol. The highest BCUT2D eigenvalue weighted by atomic mass is 16.5. The highest BCUT2D eigenvalue weighted by Gasteiger charge is 2.26. The van der Waals surface area contributed by atoms with Gasteiger partial charge in [0.05, 0.1) is 23.3 Å². The minimum absolute atomic E-state index is 0.0112. The fraction of sp³-hybridized carbons (Fsp3) is 0.381. The van der Waals surface area contributed by atoms with Gasteiger partial charge in [-0.25, -0.2) is 4.98 Å². The number of benzene rings is 1. The van der Waals surface area contributed by atoms with E-state index in [-0.39, 0.29) is 5.91 Å². The SMILES string of the molecule is CCc1noc2ncc(C(=O)N3CCCC(COc4ccccc4)C3)cc12. The molecule has 3 heterocycles. The summed E-state index contributed by atoms with van der Waals surface area (Å²) in [4.78, 5) is 19.1. The van der Waals surface area contributed by atoms with Crippen molar-refractivity contribution in [1.82, 2.24) is 15.0 Å². The molecule has 3 aromatic rings. The number of rotatable bonds is 5. The van der Waals surface area contributed by atoms with Gasteiger partial charge in [-0.15, -0.1) is 0 Å². The molecule has 1 atom stereocenters. The molecule has 1 amide bonds. The molecule has 0 radical (unpaired) electrons. The number of amides is 1. The molecular formula is C21H23N3O3. The second kappa shape index (κ2) is 7.78.